The van der Waals surface area contributed by atoms with E-state index in [4.69, 9.17) is 21.4 Å². The number of hydrogen-bond acceptors (Lipinski definition) is 6. The summed E-state index contributed by atoms with van der Waals surface area (Å²) in [6.45, 7) is 3.59. The van der Waals surface area contributed by atoms with E-state index in [0.717, 1.165) is 16.7 Å². The maximum Gasteiger partial charge on any atom is 0.265 e. The van der Waals surface area contributed by atoms with Crippen molar-refractivity contribution in [2.45, 2.75) is 20.0 Å². The van der Waals surface area contributed by atoms with Gasteiger partial charge in [0.1, 0.15) is 5.75 Å². The van der Waals surface area contributed by atoms with Crippen LogP contribution in [0, 0.1) is 6.92 Å². The van der Waals surface area contributed by atoms with E-state index < -0.39 is 6.10 Å². The molecule has 0 spiro atoms. The summed E-state index contributed by atoms with van der Waals surface area (Å²) in [7, 11) is 0. The Labute approximate surface area is 206 Å². The number of nitrogens with zero attached hydrogens (tertiary/aromatic N) is 5. The van der Waals surface area contributed by atoms with E-state index in [1.165, 1.54) is 0 Å². The molecule has 0 aliphatic carbocycles. The molecule has 8 nitrogen and oxygen atoms in total. The van der Waals surface area contributed by atoms with Crippen molar-refractivity contribution in [2.24, 2.45) is 0 Å². The SMILES string of the molecule is Cc1cc(OC(C)C(=O)Nc2cccc(-c3ccc4nnc(-c5ccncc5)n4n3)c2)ccc1Cl. The third-order valence-corrected chi connectivity index (χ3v) is 5.86. The first-order chi connectivity index (χ1) is 17.0. The first-order valence-corrected chi connectivity index (χ1v) is 11.3. The predicted molar refractivity (Wildman–Crippen MR) is 134 cm³/mol. The number of aromatic nitrogens is 5. The van der Waals surface area contributed by atoms with Crippen LogP contribution in [0.4, 0.5) is 5.69 Å². The summed E-state index contributed by atoms with van der Waals surface area (Å²) in [6, 6.07) is 20.2. The Bertz CT molecular complexity index is 1520. The zero-order valence-corrected chi connectivity index (χ0v) is 19.8. The van der Waals surface area contributed by atoms with Gasteiger partial charge in [-0.05, 0) is 74.0 Å². The first kappa shape index (κ1) is 22.5. The maximum atomic E-state index is 12.8. The molecular weight excluding hydrogens is 464 g/mol. The molecule has 1 atom stereocenters. The van der Waals surface area contributed by atoms with Crippen LogP contribution in [0.5, 0.6) is 5.75 Å². The molecule has 3 aromatic heterocycles. The molecule has 35 heavy (non-hydrogen) atoms. The standard InChI is InChI=1S/C26H21ClN6O2/c1-16-14-21(6-7-22(16)27)35-17(2)26(34)29-20-5-3-4-19(15-20)23-8-9-24-30-31-25(33(24)32-23)18-10-12-28-13-11-18/h3-15,17H,1-2H3,(H,29,34). The van der Waals surface area contributed by atoms with Gasteiger partial charge in [0.2, 0.25) is 0 Å². The number of amides is 1. The minimum Gasteiger partial charge on any atom is -0.481 e. The molecule has 9 heteroatoms. The average Bonchev–Trinajstić information content (AvgIpc) is 3.30. The molecule has 1 amide bonds. The molecule has 0 aliphatic heterocycles. The molecule has 0 radical (unpaired) electrons. The molecule has 5 aromatic rings. The second-order valence-corrected chi connectivity index (χ2v) is 8.40. The maximum absolute atomic E-state index is 12.8. The lowest BCUT2D eigenvalue weighted by atomic mass is 10.1. The fourth-order valence-electron chi connectivity index (χ4n) is 3.57. The van der Waals surface area contributed by atoms with Crippen molar-refractivity contribution in [3.05, 3.63) is 89.7 Å². The summed E-state index contributed by atoms with van der Waals surface area (Å²) in [5.74, 6) is 0.939. The Kier molecular flexibility index (Phi) is 6.12. The lowest BCUT2D eigenvalue weighted by Crippen LogP contribution is -2.30. The Morgan fingerprint density at radius 3 is 2.63 bits per heavy atom. The number of halogens is 1. The van der Waals surface area contributed by atoms with E-state index in [-0.39, 0.29) is 5.91 Å². The van der Waals surface area contributed by atoms with Gasteiger partial charge in [0.15, 0.2) is 17.6 Å². The number of hydrogen-bond donors (Lipinski definition) is 1. The Morgan fingerprint density at radius 1 is 1.00 bits per heavy atom. The van der Waals surface area contributed by atoms with Gasteiger partial charge in [-0.2, -0.15) is 9.61 Å². The van der Waals surface area contributed by atoms with Crippen molar-refractivity contribution in [1.82, 2.24) is 24.8 Å². The van der Waals surface area contributed by atoms with Gasteiger partial charge >= 0.3 is 0 Å². The molecule has 2 aromatic carbocycles. The zero-order valence-electron chi connectivity index (χ0n) is 19.0. The van der Waals surface area contributed by atoms with Crippen LogP contribution < -0.4 is 10.1 Å². The van der Waals surface area contributed by atoms with Crippen molar-refractivity contribution in [3.8, 4) is 28.4 Å². The summed E-state index contributed by atoms with van der Waals surface area (Å²) >= 11 is 6.07. The van der Waals surface area contributed by atoms with Crippen LogP contribution >= 0.6 is 11.6 Å². The molecule has 0 bridgehead atoms. The summed E-state index contributed by atoms with van der Waals surface area (Å²) in [5.41, 5.74) is 4.56. The third-order valence-electron chi connectivity index (χ3n) is 5.44. The van der Waals surface area contributed by atoms with E-state index in [9.17, 15) is 4.79 Å². The average molecular weight is 485 g/mol. The van der Waals surface area contributed by atoms with Crippen molar-refractivity contribution in [3.63, 3.8) is 0 Å². The largest absolute Gasteiger partial charge is 0.481 e. The van der Waals surface area contributed by atoms with Crippen molar-refractivity contribution in [2.75, 3.05) is 5.32 Å². The highest BCUT2D eigenvalue weighted by molar-refractivity contribution is 6.31. The van der Waals surface area contributed by atoms with Crippen LogP contribution in [-0.4, -0.2) is 36.8 Å². The molecule has 1 unspecified atom stereocenters. The fourth-order valence-corrected chi connectivity index (χ4v) is 3.69. The van der Waals surface area contributed by atoms with Crippen LogP contribution in [0.1, 0.15) is 12.5 Å². The number of benzene rings is 2. The van der Waals surface area contributed by atoms with E-state index in [0.29, 0.717) is 33.6 Å². The number of fused-ring (bicyclic) bond motifs is 1. The number of ether oxygens (including phenoxy) is 1. The first-order valence-electron chi connectivity index (χ1n) is 10.9. The zero-order chi connectivity index (χ0) is 24.4. The van der Waals surface area contributed by atoms with Crippen LogP contribution in [0.25, 0.3) is 28.3 Å². The van der Waals surface area contributed by atoms with Gasteiger partial charge in [0.25, 0.3) is 5.91 Å². The quantitative estimate of drug-likeness (QED) is 0.355. The van der Waals surface area contributed by atoms with Crippen LogP contribution in [0.15, 0.2) is 79.1 Å². The van der Waals surface area contributed by atoms with Crippen LogP contribution in [0.2, 0.25) is 5.02 Å². The van der Waals surface area contributed by atoms with Gasteiger partial charge in [-0.25, -0.2) is 0 Å². The van der Waals surface area contributed by atoms with E-state index in [2.05, 4.69) is 20.5 Å². The number of pyridine rings is 1. The molecule has 0 aliphatic rings. The highest BCUT2D eigenvalue weighted by Gasteiger charge is 2.16. The molecule has 0 saturated heterocycles. The molecule has 0 saturated carbocycles. The Morgan fingerprint density at radius 2 is 1.83 bits per heavy atom. The molecule has 3 heterocycles. The lowest BCUT2D eigenvalue weighted by Gasteiger charge is -2.16. The van der Waals surface area contributed by atoms with E-state index in [1.54, 1.807) is 42.0 Å². The smallest absolute Gasteiger partial charge is 0.265 e. The normalized spacial score (nSPS) is 11.9. The molecular formula is C26H21ClN6O2. The number of aryl methyl sites for hydroxylation is 1. The van der Waals surface area contributed by atoms with E-state index >= 15 is 0 Å². The van der Waals surface area contributed by atoms with Gasteiger partial charge in [0, 0.05) is 34.2 Å². The number of carbonyl (C=O) groups is 1. The van der Waals surface area contributed by atoms with Crippen molar-refractivity contribution in [1.29, 1.82) is 0 Å². The minimum absolute atomic E-state index is 0.267. The number of rotatable bonds is 6. The minimum atomic E-state index is -0.700. The molecule has 5 rings (SSSR count). The lowest BCUT2D eigenvalue weighted by molar-refractivity contribution is -0.122. The van der Waals surface area contributed by atoms with E-state index in [1.807, 2.05) is 55.5 Å². The third kappa shape index (κ3) is 4.83. The van der Waals surface area contributed by atoms with Crippen molar-refractivity contribution >= 4 is 28.8 Å². The second-order valence-electron chi connectivity index (χ2n) is 7.99. The topological polar surface area (TPSA) is 94.3 Å². The predicted octanol–water partition coefficient (Wildman–Crippen LogP) is 5.22. The highest BCUT2D eigenvalue weighted by Crippen LogP contribution is 2.25. The van der Waals surface area contributed by atoms with Gasteiger partial charge < -0.3 is 10.1 Å². The van der Waals surface area contributed by atoms with Crippen LogP contribution in [-0.2, 0) is 4.79 Å². The van der Waals surface area contributed by atoms with Gasteiger partial charge in [-0.1, -0.05) is 23.7 Å². The summed E-state index contributed by atoms with van der Waals surface area (Å²) in [6.07, 6.45) is 2.70. The number of anilines is 1. The van der Waals surface area contributed by atoms with Crippen molar-refractivity contribution < 1.29 is 9.53 Å². The Hall–Kier alpha value is -4.30. The Balaban J connectivity index is 1.36. The highest BCUT2D eigenvalue weighted by atomic mass is 35.5. The summed E-state index contributed by atoms with van der Waals surface area (Å²) < 4.78 is 7.48. The molecule has 174 valence electrons. The number of nitrogens with one attached hydrogen (secondary N) is 1. The summed E-state index contributed by atoms with van der Waals surface area (Å²) in [5, 5.41) is 16.8. The van der Waals surface area contributed by atoms with Gasteiger partial charge in [-0.15, -0.1) is 10.2 Å². The number of carbonyl (C=O) groups excluding carboxylic acids is 1. The summed E-state index contributed by atoms with van der Waals surface area (Å²) in [4.78, 5) is 16.8. The molecule has 0 fully saturated rings. The van der Waals surface area contributed by atoms with Gasteiger partial charge in [0.05, 0.1) is 5.69 Å². The monoisotopic (exact) mass is 484 g/mol. The van der Waals surface area contributed by atoms with Gasteiger partial charge in [-0.3, -0.25) is 9.78 Å². The van der Waals surface area contributed by atoms with Crippen LogP contribution in [0.3, 0.4) is 0 Å². The molecule has 1 N–H and O–H groups in total. The second kappa shape index (κ2) is 9.52. The fraction of sp³-hybridized carbons (Fsp3) is 0.115.